The molecule has 0 spiro atoms. The molecule has 0 N–H and O–H groups in total. The zero-order chi connectivity index (χ0) is 16.1. The summed E-state index contributed by atoms with van der Waals surface area (Å²) in [7, 11) is 0. The van der Waals surface area contributed by atoms with Gasteiger partial charge in [0.25, 0.3) is 0 Å². The quantitative estimate of drug-likeness (QED) is 0.591. The lowest BCUT2D eigenvalue weighted by molar-refractivity contribution is 0.100. The fourth-order valence-corrected chi connectivity index (χ4v) is 2.98. The molecule has 0 fully saturated rings. The van der Waals surface area contributed by atoms with Crippen molar-refractivity contribution in [2.24, 2.45) is 4.99 Å². The maximum atomic E-state index is 12.6. The molecular formula is C19H20Br2N2O. The second-order valence-corrected chi connectivity index (χ2v) is 6.52. The fraction of sp³-hybridized carbons (Fsp3) is 0.263. The minimum Gasteiger partial charge on any atom is -0.322 e. The average Bonchev–Trinajstić information content (AvgIpc) is 2.62. The molecule has 3 rings (SSSR count). The molecule has 2 aromatic rings. The van der Waals surface area contributed by atoms with Crippen LogP contribution in [0.2, 0.25) is 0 Å². The molecule has 0 aliphatic carbocycles. The average molecular weight is 452 g/mol. The lowest BCUT2D eigenvalue weighted by atomic mass is 10.1. The van der Waals surface area contributed by atoms with Gasteiger partial charge in [0.1, 0.15) is 5.84 Å². The first-order chi connectivity index (χ1) is 11.2. The van der Waals surface area contributed by atoms with Gasteiger partial charge in [-0.15, -0.1) is 17.0 Å². The Labute approximate surface area is 161 Å². The fourth-order valence-electron chi connectivity index (χ4n) is 2.71. The molecular weight excluding hydrogens is 432 g/mol. The van der Waals surface area contributed by atoms with Gasteiger partial charge in [-0.2, -0.15) is 0 Å². The third-order valence-electron chi connectivity index (χ3n) is 3.95. The van der Waals surface area contributed by atoms with Crippen LogP contribution in [0.1, 0.15) is 29.6 Å². The summed E-state index contributed by atoms with van der Waals surface area (Å²) in [6.45, 7) is 1.17. The van der Waals surface area contributed by atoms with Crippen molar-refractivity contribution in [3.8, 4) is 0 Å². The van der Waals surface area contributed by atoms with Gasteiger partial charge in [0.15, 0.2) is 5.78 Å². The highest BCUT2D eigenvalue weighted by atomic mass is 79.9. The Morgan fingerprint density at radius 2 is 1.75 bits per heavy atom. The van der Waals surface area contributed by atoms with Gasteiger partial charge in [-0.1, -0.05) is 46.3 Å². The normalized spacial score (nSPS) is 13.6. The predicted molar refractivity (Wildman–Crippen MR) is 109 cm³/mol. The molecule has 24 heavy (non-hydrogen) atoms. The lowest BCUT2D eigenvalue weighted by Crippen LogP contribution is -2.37. The van der Waals surface area contributed by atoms with E-state index in [2.05, 4.69) is 25.8 Å². The largest absolute Gasteiger partial charge is 0.322 e. The van der Waals surface area contributed by atoms with Gasteiger partial charge in [-0.25, -0.2) is 0 Å². The number of amidine groups is 1. The summed E-state index contributed by atoms with van der Waals surface area (Å²) in [6.07, 6.45) is 3.19. The maximum Gasteiger partial charge on any atom is 0.182 e. The molecule has 3 nitrogen and oxygen atoms in total. The molecule has 2 aromatic carbocycles. The van der Waals surface area contributed by atoms with Gasteiger partial charge in [0.05, 0.1) is 6.54 Å². The number of anilines is 1. The molecule has 1 aliphatic rings. The van der Waals surface area contributed by atoms with Crippen LogP contribution in [-0.2, 0) is 0 Å². The number of Topliss-reactive ketones (excluding diaryl/α,β-unsaturated/α-hetero) is 1. The van der Waals surface area contributed by atoms with Crippen LogP contribution in [0.5, 0.6) is 0 Å². The van der Waals surface area contributed by atoms with E-state index in [0.29, 0.717) is 6.54 Å². The van der Waals surface area contributed by atoms with Crippen LogP contribution in [0.25, 0.3) is 0 Å². The van der Waals surface area contributed by atoms with Crippen molar-refractivity contribution >= 4 is 50.2 Å². The number of carbonyl (C=O) groups is 1. The molecule has 0 aromatic heterocycles. The SMILES string of the molecule is Br.O=C(CN(C1=NCCCC1)c1ccc(Br)cc1)c1ccccc1. The Hall–Kier alpha value is -1.46. The molecule has 1 aliphatic heterocycles. The molecule has 0 radical (unpaired) electrons. The van der Waals surface area contributed by atoms with E-state index in [1.807, 2.05) is 54.6 Å². The summed E-state index contributed by atoms with van der Waals surface area (Å²) in [4.78, 5) is 19.3. The van der Waals surface area contributed by atoms with Crippen LogP contribution in [0.15, 0.2) is 64.1 Å². The summed E-state index contributed by atoms with van der Waals surface area (Å²) in [5, 5.41) is 0. The van der Waals surface area contributed by atoms with E-state index >= 15 is 0 Å². The maximum absolute atomic E-state index is 12.6. The van der Waals surface area contributed by atoms with Crippen molar-refractivity contribution in [2.75, 3.05) is 18.0 Å². The number of ketones is 1. The standard InChI is InChI=1S/C19H19BrN2O.BrH/c20-16-9-11-17(12-10-16)22(19-8-4-5-13-21-19)14-18(23)15-6-2-1-3-7-15;/h1-3,6-7,9-12H,4-5,8,13-14H2;1H. The van der Waals surface area contributed by atoms with Crippen molar-refractivity contribution in [2.45, 2.75) is 19.3 Å². The molecule has 1 heterocycles. The number of aliphatic imine (C=N–C) groups is 1. The molecule has 0 atom stereocenters. The van der Waals surface area contributed by atoms with Crippen molar-refractivity contribution < 1.29 is 4.79 Å². The highest BCUT2D eigenvalue weighted by Gasteiger charge is 2.19. The van der Waals surface area contributed by atoms with E-state index in [9.17, 15) is 4.79 Å². The van der Waals surface area contributed by atoms with E-state index < -0.39 is 0 Å². The Morgan fingerprint density at radius 1 is 1.04 bits per heavy atom. The van der Waals surface area contributed by atoms with Crippen molar-refractivity contribution in [3.63, 3.8) is 0 Å². The molecule has 0 saturated carbocycles. The number of hydrogen-bond acceptors (Lipinski definition) is 3. The number of carbonyl (C=O) groups excluding carboxylic acids is 1. The Bertz CT molecular complexity index is 699. The molecule has 0 amide bonds. The molecule has 0 bridgehead atoms. The second-order valence-electron chi connectivity index (χ2n) is 5.61. The van der Waals surface area contributed by atoms with Crippen molar-refractivity contribution in [1.29, 1.82) is 0 Å². The third-order valence-corrected chi connectivity index (χ3v) is 4.48. The van der Waals surface area contributed by atoms with E-state index in [0.717, 1.165) is 47.4 Å². The zero-order valence-corrected chi connectivity index (χ0v) is 16.6. The smallest absolute Gasteiger partial charge is 0.182 e. The van der Waals surface area contributed by atoms with Crippen LogP contribution in [0, 0.1) is 0 Å². The van der Waals surface area contributed by atoms with Crippen molar-refractivity contribution in [3.05, 3.63) is 64.6 Å². The predicted octanol–water partition coefficient (Wildman–Crippen LogP) is 5.30. The molecule has 5 heteroatoms. The van der Waals surface area contributed by atoms with Crippen LogP contribution in [0.3, 0.4) is 0 Å². The summed E-state index contributed by atoms with van der Waals surface area (Å²) >= 11 is 3.46. The van der Waals surface area contributed by atoms with Gasteiger partial charge < -0.3 is 4.90 Å². The molecule has 0 unspecified atom stereocenters. The Kier molecular flexibility index (Phi) is 7.18. The third kappa shape index (κ3) is 4.77. The van der Waals surface area contributed by atoms with Gasteiger partial charge in [-0.05, 0) is 37.1 Å². The van der Waals surface area contributed by atoms with Gasteiger partial charge in [-0.3, -0.25) is 9.79 Å². The summed E-state index contributed by atoms with van der Waals surface area (Å²) in [5.41, 5.74) is 1.75. The van der Waals surface area contributed by atoms with Crippen LogP contribution in [0.4, 0.5) is 5.69 Å². The number of hydrogen-bond donors (Lipinski definition) is 0. The van der Waals surface area contributed by atoms with Crippen LogP contribution >= 0.6 is 32.9 Å². The minimum atomic E-state index is 0. The van der Waals surface area contributed by atoms with E-state index in [1.165, 1.54) is 0 Å². The monoisotopic (exact) mass is 450 g/mol. The second kappa shape index (κ2) is 9.14. The van der Waals surface area contributed by atoms with Gasteiger partial charge >= 0.3 is 0 Å². The van der Waals surface area contributed by atoms with E-state index in [4.69, 9.17) is 0 Å². The van der Waals surface area contributed by atoms with E-state index in [1.54, 1.807) is 0 Å². The van der Waals surface area contributed by atoms with E-state index in [-0.39, 0.29) is 22.8 Å². The highest BCUT2D eigenvalue weighted by Crippen LogP contribution is 2.22. The summed E-state index contributed by atoms with van der Waals surface area (Å²) < 4.78 is 1.03. The number of rotatable bonds is 4. The molecule has 0 saturated heterocycles. The Balaban J connectivity index is 0.00000208. The topological polar surface area (TPSA) is 32.7 Å². The molecule has 126 valence electrons. The number of benzene rings is 2. The van der Waals surface area contributed by atoms with Gasteiger partial charge in [0, 0.05) is 28.7 Å². The minimum absolute atomic E-state index is 0. The first-order valence-corrected chi connectivity index (χ1v) is 8.68. The number of nitrogens with zero attached hydrogens (tertiary/aromatic N) is 2. The lowest BCUT2D eigenvalue weighted by Gasteiger charge is -2.28. The number of halogens is 2. The highest BCUT2D eigenvalue weighted by molar-refractivity contribution is 9.10. The first-order valence-electron chi connectivity index (χ1n) is 7.89. The van der Waals surface area contributed by atoms with Crippen LogP contribution in [-0.4, -0.2) is 24.7 Å². The first kappa shape index (κ1) is 18.9. The summed E-state index contributed by atoms with van der Waals surface area (Å²) in [6, 6.07) is 17.5. The van der Waals surface area contributed by atoms with Crippen molar-refractivity contribution in [1.82, 2.24) is 0 Å². The summed E-state index contributed by atoms with van der Waals surface area (Å²) in [5.74, 6) is 1.13. The van der Waals surface area contributed by atoms with Gasteiger partial charge in [0.2, 0.25) is 0 Å². The van der Waals surface area contributed by atoms with Crippen LogP contribution < -0.4 is 4.90 Å². The zero-order valence-electron chi connectivity index (χ0n) is 13.3. The Morgan fingerprint density at radius 3 is 2.38 bits per heavy atom.